The number of terminal acetylenes is 1. The Labute approximate surface area is 79.6 Å². The van der Waals surface area contributed by atoms with Gasteiger partial charge in [0.2, 0.25) is 0 Å². The molecule has 0 aliphatic heterocycles. The maximum absolute atomic E-state index is 9.27. The van der Waals surface area contributed by atoms with Gasteiger partial charge in [-0.05, 0) is 28.7 Å². The Balaban J connectivity index is 3.05. The number of aliphatic hydroxyl groups excluding tert-OH is 1. The summed E-state index contributed by atoms with van der Waals surface area (Å²) < 4.78 is 0.996. The molecule has 0 aliphatic rings. The predicted molar refractivity (Wildman–Crippen MR) is 53.0 cm³/mol. The molecule has 0 spiro atoms. The van der Waals surface area contributed by atoms with E-state index in [4.69, 9.17) is 6.42 Å². The average molecular weight is 258 g/mol. The zero-order valence-corrected chi connectivity index (χ0v) is 7.95. The highest BCUT2D eigenvalue weighted by molar-refractivity contribution is 14.1. The Morgan fingerprint density at radius 1 is 1.45 bits per heavy atom. The number of benzene rings is 1. The normalized spacial score (nSPS) is 12.1. The number of hydrogen-bond acceptors (Lipinski definition) is 1. The Bertz CT molecular complexity index is 288. The van der Waals surface area contributed by atoms with Crippen molar-refractivity contribution < 1.29 is 5.11 Å². The van der Waals surface area contributed by atoms with E-state index in [-0.39, 0.29) is 0 Å². The predicted octanol–water partition coefficient (Wildman–Crippen LogP) is 1.96. The fraction of sp³-hybridized carbons (Fsp3) is 0.111. The first-order chi connectivity index (χ1) is 5.25. The summed E-state index contributed by atoms with van der Waals surface area (Å²) in [6.07, 6.45) is 4.29. The van der Waals surface area contributed by atoms with E-state index < -0.39 is 6.10 Å². The summed E-state index contributed by atoms with van der Waals surface area (Å²) in [6.45, 7) is 0. The molecule has 1 rings (SSSR count). The van der Waals surface area contributed by atoms with Gasteiger partial charge in [-0.3, -0.25) is 0 Å². The first-order valence-electron chi connectivity index (χ1n) is 3.14. The lowest BCUT2D eigenvalue weighted by Crippen LogP contribution is -1.95. The van der Waals surface area contributed by atoms with Crippen molar-refractivity contribution in [3.05, 3.63) is 33.4 Å². The molecule has 0 radical (unpaired) electrons. The molecule has 0 aliphatic carbocycles. The van der Waals surface area contributed by atoms with Crippen molar-refractivity contribution in [1.82, 2.24) is 0 Å². The van der Waals surface area contributed by atoms with Gasteiger partial charge in [0.1, 0.15) is 6.10 Å². The highest BCUT2D eigenvalue weighted by Gasteiger charge is 2.05. The van der Waals surface area contributed by atoms with Crippen molar-refractivity contribution in [2.24, 2.45) is 0 Å². The second kappa shape index (κ2) is 3.74. The summed E-state index contributed by atoms with van der Waals surface area (Å²) >= 11 is 2.14. The van der Waals surface area contributed by atoms with Crippen LogP contribution in [0.3, 0.4) is 0 Å². The monoisotopic (exact) mass is 258 g/mol. The van der Waals surface area contributed by atoms with Gasteiger partial charge < -0.3 is 5.11 Å². The van der Waals surface area contributed by atoms with E-state index in [9.17, 15) is 5.11 Å². The first-order valence-corrected chi connectivity index (χ1v) is 4.22. The van der Waals surface area contributed by atoms with Crippen LogP contribution in [0.2, 0.25) is 0 Å². The Hall–Kier alpha value is -0.530. The van der Waals surface area contributed by atoms with Crippen molar-refractivity contribution in [3.63, 3.8) is 0 Å². The van der Waals surface area contributed by atoms with Crippen molar-refractivity contribution in [1.29, 1.82) is 0 Å². The van der Waals surface area contributed by atoms with Gasteiger partial charge in [0.25, 0.3) is 0 Å². The minimum absolute atomic E-state index is 0.775. The number of aliphatic hydroxyl groups is 1. The van der Waals surface area contributed by atoms with Gasteiger partial charge in [0, 0.05) is 9.13 Å². The van der Waals surface area contributed by atoms with Gasteiger partial charge in [0.15, 0.2) is 0 Å². The molecule has 2 heteroatoms. The van der Waals surface area contributed by atoms with Crippen LogP contribution in [0.25, 0.3) is 0 Å². The van der Waals surface area contributed by atoms with Crippen molar-refractivity contribution >= 4 is 22.6 Å². The molecule has 0 saturated heterocycles. The van der Waals surface area contributed by atoms with Crippen molar-refractivity contribution in [2.75, 3.05) is 0 Å². The quantitative estimate of drug-likeness (QED) is 0.603. The SMILES string of the molecule is C#CC(O)c1ccccc1I. The smallest absolute Gasteiger partial charge is 0.141 e. The lowest BCUT2D eigenvalue weighted by Gasteiger charge is -2.04. The van der Waals surface area contributed by atoms with Gasteiger partial charge in [-0.2, -0.15) is 0 Å². The molecule has 0 bridgehead atoms. The van der Waals surface area contributed by atoms with E-state index in [0.29, 0.717) is 0 Å². The lowest BCUT2D eigenvalue weighted by molar-refractivity contribution is 0.237. The number of rotatable bonds is 1. The molecule has 0 fully saturated rings. The highest BCUT2D eigenvalue weighted by atomic mass is 127. The van der Waals surface area contributed by atoms with Crippen LogP contribution in [0.5, 0.6) is 0 Å². The molecule has 0 saturated carbocycles. The minimum Gasteiger partial charge on any atom is -0.376 e. The van der Waals surface area contributed by atoms with E-state index in [1.165, 1.54) is 0 Å². The molecule has 1 N–H and O–H groups in total. The van der Waals surface area contributed by atoms with Gasteiger partial charge in [-0.15, -0.1) is 6.42 Å². The zero-order chi connectivity index (χ0) is 8.27. The molecule has 1 aromatic carbocycles. The van der Waals surface area contributed by atoms with E-state index in [1.807, 2.05) is 24.3 Å². The molecule has 11 heavy (non-hydrogen) atoms. The van der Waals surface area contributed by atoms with Crippen LogP contribution in [-0.2, 0) is 0 Å². The highest BCUT2D eigenvalue weighted by Crippen LogP contribution is 2.18. The average Bonchev–Trinajstić information content (AvgIpc) is 2.04. The lowest BCUT2D eigenvalue weighted by atomic mass is 10.1. The molecule has 0 heterocycles. The number of hydrogen-bond donors (Lipinski definition) is 1. The summed E-state index contributed by atoms with van der Waals surface area (Å²) in [7, 11) is 0. The largest absolute Gasteiger partial charge is 0.376 e. The molecular formula is C9H7IO. The van der Waals surface area contributed by atoms with Crippen LogP contribution in [0.1, 0.15) is 11.7 Å². The molecule has 1 unspecified atom stereocenters. The van der Waals surface area contributed by atoms with E-state index >= 15 is 0 Å². The van der Waals surface area contributed by atoms with Crippen molar-refractivity contribution in [3.8, 4) is 12.3 Å². The maximum Gasteiger partial charge on any atom is 0.141 e. The van der Waals surface area contributed by atoms with Crippen LogP contribution < -0.4 is 0 Å². The minimum atomic E-state index is -0.775. The number of halogens is 1. The van der Waals surface area contributed by atoms with E-state index in [0.717, 1.165) is 9.13 Å². The summed E-state index contributed by atoms with van der Waals surface area (Å²) in [4.78, 5) is 0. The van der Waals surface area contributed by atoms with Gasteiger partial charge in [-0.1, -0.05) is 24.1 Å². The zero-order valence-electron chi connectivity index (χ0n) is 5.79. The topological polar surface area (TPSA) is 20.2 Å². The van der Waals surface area contributed by atoms with Gasteiger partial charge >= 0.3 is 0 Å². The van der Waals surface area contributed by atoms with Gasteiger partial charge in [0.05, 0.1) is 0 Å². The molecule has 1 nitrogen and oxygen atoms in total. The van der Waals surface area contributed by atoms with Crippen LogP contribution in [0, 0.1) is 15.9 Å². The van der Waals surface area contributed by atoms with E-state index in [1.54, 1.807) is 0 Å². The van der Waals surface area contributed by atoms with Gasteiger partial charge in [-0.25, -0.2) is 0 Å². The third kappa shape index (κ3) is 1.95. The maximum atomic E-state index is 9.27. The third-order valence-electron chi connectivity index (χ3n) is 1.36. The summed E-state index contributed by atoms with van der Waals surface area (Å²) in [5, 5.41) is 9.27. The first kappa shape index (κ1) is 8.57. The van der Waals surface area contributed by atoms with Crippen LogP contribution in [0.4, 0.5) is 0 Å². The fourth-order valence-corrected chi connectivity index (χ4v) is 1.47. The molecule has 0 amide bonds. The van der Waals surface area contributed by atoms with Crippen LogP contribution in [0.15, 0.2) is 24.3 Å². The van der Waals surface area contributed by atoms with Crippen LogP contribution >= 0.6 is 22.6 Å². The molecule has 1 atom stereocenters. The fourth-order valence-electron chi connectivity index (χ4n) is 0.787. The van der Waals surface area contributed by atoms with Crippen LogP contribution in [-0.4, -0.2) is 5.11 Å². The third-order valence-corrected chi connectivity index (χ3v) is 2.34. The molecule has 0 aromatic heterocycles. The summed E-state index contributed by atoms with van der Waals surface area (Å²) in [5.41, 5.74) is 0.801. The molecular weight excluding hydrogens is 251 g/mol. The Kier molecular flexibility index (Phi) is 2.92. The molecule has 56 valence electrons. The van der Waals surface area contributed by atoms with Crippen molar-refractivity contribution in [2.45, 2.75) is 6.10 Å². The summed E-state index contributed by atoms with van der Waals surface area (Å²) in [5.74, 6) is 2.27. The Morgan fingerprint density at radius 2 is 2.09 bits per heavy atom. The Morgan fingerprint density at radius 3 is 2.64 bits per heavy atom. The standard InChI is InChI=1S/C9H7IO/c1-2-9(11)7-5-3-4-6-8(7)10/h1,3-6,9,11H. The van der Waals surface area contributed by atoms with E-state index in [2.05, 4.69) is 28.5 Å². The summed E-state index contributed by atoms with van der Waals surface area (Å²) in [6, 6.07) is 7.51. The second-order valence-corrected chi connectivity index (χ2v) is 3.25. The molecule has 1 aromatic rings. The second-order valence-electron chi connectivity index (χ2n) is 2.09.